The van der Waals surface area contributed by atoms with Crippen LogP contribution in [0.15, 0.2) is 97.2 Å². The smallest absolute Gasteiger partial charge is 0.303 e. The van der Waals surface area contributed by atoms with Gasteiger partial charge in [0.05, 0.1) is 0 Å². The SMILES string of the molecule is CCCC=CCCC=CCCC=CCCC=CCCC(=O)O.CCCCC/C=C\C/C=C\C/C=C\C/C=C\CCCC(=O)O. The predicted octanol–water partition coefficient (Wildman–Crippen LogP) is 12.4. The number of aliphatic carboxylic acids is 2. The van der Waals surface area contributed by atoms with Crippen LogP contribution in [0.4, 0.5) is 0 Å². The van der Waals surface area contributed by atoms with Gasteiger partial charge in [0.25, 0.3) is 0 Å². The number of hydrogen-bond donors (Lipinski definition) is 2. The molecule has 44 heavy (non-hydrogen) atoms. The highest BCUT2D eigenvalue weighted by Crippen LogP contribution is 2.03. The Morgan fingerprint density at radius 3 is 1.09 bits per heavy atom. The van der Waals surface area contributed by atoms with Crippen molar-refractivity contribution in [2.45, 2.75) is 142 Å². The molecule has 0 aliphatic carbocycles. The first-order valence-corrected chi connectivity index (χ1v) is 17.2. The number of allylic oxidation sites excluding steroid dienone is 16. The quantitative estimate of drug-likeness (QED) is 0.0684. The van der Waals surface area contributed by atoms with E-state index in [1.807, 2.05) is 6.08 Å². The topological polar surface area (TPSA) is 74.6 Å². The summed E-state index contributed by atoms with van der Waals surface area (Å²) in [6.07, 6.45) is 54.7. The minimum Gasteiger partial charge on any atom is -0.481 e. The Labute approximate surface area is 270 Å². The van der Waals surface area contributed by atoms with Gasteiger partial charge in [-0.2, -0.15) is 0 Å². The van der Waals surface area contributed by atoms with Crippen LogP contribution in [0.3, 0.4) is 0 Å². The van der Waals surface area contributed by atoms with Crippen LogP contribution in [0.1, 0.15) is 142 Å². The summed E-state index contributed by atoms with van der Waals surface area (Å²) < 4.78 is 0. The molecule has 0 atom stereocenters. The van der Waals surface area contributed by atoms with Gasteiger partial charge in [0.1, 0.15) is 0 Å². The standard InChI is InChI=1S/2C20H32O2/c2*1-2-3-4-5-6-7-8-9-10-11-12-13-14-15-16-17-18-19-20(21)22/h6-7,9-10,12-13,15-16H,2-5,8,11,14,17-19H2,1H3,(H,21,22);4-5,8-9,12-13,16-17H,2-3,6-7,10-11,14-15,18-19H2,1H3,(H,21,22)/b7-6-,10-9-,13-12-,16-15-;. The molecule has 0 aromatic heterocycles. The molecule has 0 aliphatic rings. The molecule has 0 unspecified atom stereocenters. The van der Waals surface area contributed by atoms with Crippen LogP contribution in [-0.2, 0) is 9.59 Å². The van der Waals surface area contributed by atoms with Crippen LogP contribution >= 0.6 is 0 Å². The van der Waals surface area contributed by atoms with Crippen LogP contribution in [0, 0.1) is 0 Å². The summed E-state index contributed by atoms with van der Waals surface area (Å²) in [5.74, 6) is -1.44. The largest absolute Gasteiger partial charge is 0.481 e. The summed E-state index contributed by atoms with van der Waals surface area (Å²) >= 11 is 0. The molecule has 0 amide bonds. The zero-order valence-electron chi connectivity index (χ0n) is 28.1. The number of unbranched alkanes of at least 4 members (excludes halogenated alkanes) is 8. The molecule has 0 saturated heterocycles. The Bertz CT molecular complexity index is 868. The van der Waals surface area contributed by atoms with E-state index in [0.717, 1.165) is 70.6 Å². The fourth-order valence-electron chi connectivity index (χ4n) is 3.83. The highest BCUT2D eigenvalue weighted by Gasteiger charge is 1.93. The Kier molecular flexibility index (Phi) is 38.9. The van der Waals surface area contributed by atoms with Crippen LogP contribution < -0.4 is 0 Å². The maximum absolute atomic E-state index is 10.3. The zero-order valence-corrected chi connectivity index (χ0v) is 28.1. The Morgan fingerprint density at radius 1 is 0.364 bits per heavy atom. The molecule has 0 spiro atoms. The third-order valence-corrected chi connectivity index (χ3v) is 6.37. The third-order valence-electron chi connectivity index (χ3n) is 6.37. The van der Waals surface area contributed by atoms with Gasteiger partial charge in [0.2, 0.25) is 0 Å². The van der Waals surface area contributed by atoms with Gasteiger partial charge in [0.15, 0.2) is 0 Å². The van der Waals surface area contributed by atoms with E-state index in [9.17, 15) is 9.59 Å². The van der Waals surface area contributed by atoms with Gasteiger partial charge in [-0.25, -0.2) is 0 Å². The molecule has 0 saturated carbocycles. The summed E-state index contributed by atoms with van der Waals surface area (Å²) in [6, 6.07) is 0. The first kappa shape index (κ1) is 43.0. The molecule has 0 aromatic carbocycles. The summed E-state index contributed by atoms with van der Waals surface area (Å²) in [7, 11) is 0. The first-order chi connectivity index (χ1) is 21.5. The summed E-state index contributed by atoms with van der Waals surface area (Å²) in [4.78, 5) is 20.6. The maximum atomic E-state index is 10.3. The number of carboxylic acids is 2. The number of rotatable bonds is 28. The average molecular weight is 609 g/mol. The van der Waals surface area contributed by atoms with E-state index in [0.29, 0.717) is 6.42 Å². The Hall–Kier alpha value is -3.14. The lowest BCUT2D eigenvalue weighted by molar-refractivity contribution is -0.138. The van der Waals surface area contributed by atoms with Gasteiger partial charge >= 0.3 is 11.9 Å². The molecule has 0 heterocycles. The van der Waals surface area contributed by atoms with Gasteiger partial charge in [-0.1, -0.05) is 130 Å². The minimum atomic E-state index is -0.727. The molecule has 0 rings (SSSR count). The van der Waals surface area contributed by atoms with Gasteiger partial charge in [-0.3, -0.25) is 9.59 Å². The average Bonchev–Trinajstić information content (AvgIpc) is 3.00. The van der Waals surface area contributed by atoms with E-state index in [1.165, 1.54) is 38.5 Å². The lowest BCUT2D eigenvalue weighted by Crippen LogP contribution is -1.92. The normalized spacial score (nSPS) is 12.4. The molecule has 0 bridgehead atoms. The van der Waals surface area contributed by atoms with Gasteiger partial charge in [0, 0.05) is 12.8 Å². The van der Waals surface area contributed by atoms with Crippen molar-refractivity contribution in [3.05, 3.63) is 97.2 Å². The fourth-order valence-corrected chi connectivity index (χ4v) is 3.83. The lowest BCUT2D eigenvalue weighted by Gasteiger charge is -1.90. The summed E-state index contributed by atoms with van der Waals surface area (Å²) in [5.41, 5.74) is 0. The van der Waals surface area contributed by atoms with E-state index in [-0.39, 0.29) is 12.8 Å². The number of carboxylic acid groups (broad SMARTS) is 2. The second-order valence-corrected chi connectivity index (χ2v) is 10.7. The van der Waals surface area contributed by atoms with E-state index < -0.39 is 11.9 Å². The molecule has 4 nitrogen and oxygen atoms in total. The van der Waals surface area contributed by atoms with Crippen molar-refractivity contribution in [3.8, 4) is 0 Å². The number of carbonyl (C=O) groups is 2. The van der Waals surface area contributed by atoms with E-state index in [1.54, 1.807) is 0 Å². The van der Waals surface area contributed by atoms with Gasteiger partial charge in [-0.15, -0.1) is 0 Å². The van der Waals surface area contributed by atoms with Crippen molar-refractivity contribution in [2.75, 3.05) is 0 Å². The molecule has 0 fully saturated rings. The monoisotopic (exact) mass is 608 g/mol. The van der Waals surface area contributed by atoms with Crippen LogP contribution in [0.2, 0.25) is 0 Å². The van der Waals surface area contributed by atoms with Crippen molar-refractivity contribution in [1.82, 2.24) is 0 Å². The summed E-state index contributed by atoms with van der Waals surface area (Å²) in [5, 5.41) is 17.0. The number of hydrogen-bond acceptors (Lipinski definition) is 2. The molecule has 0 aromatic rings. The third kappa shape index (κ3) is 45.8. The van der Waals surface area contributed by atoms with Crippen LogP contribution in [0.25, 0.3) is 0 Å². The molecule has 4 heteroatoms. The lowest BCUT2D eigenvalue weighted by atomic mass is 10.2. The molecule has 0 radical (unpaired) electrons. The summed E-state index contributed by atoms with van der Waals surface area (Å²) in [6.45, 7) is 4.43. The molecule has 0 aliphatic heterocycles. The van der Waals surface area contributed by atoms with Crippen molar-refractivity contribution in [3.63, 3.8) is 0 Å². The van der Waals surface area contributed by atoms with Crippen molar-refractivity contribution >= 4 is 11.9 Å². The highest BCUT2D eigenvalue weighted by molar-refractivity contribution is 5.67. The highest BCUT2D eigenvalue weighted by atomic mass is 16.4. The Morgan fingerprint density at radius 2 is 0.705 bits per heavy atom. The van der Waals surface area contributed by atoms with Gasteiger partial charge < -0.3 is 10.2 Å². The second-order valence-electron chi connectivity index (χ2n) is 10.7. The fraction of sp³-hybridized carbons (Fsp3) is 0.550. The van der Waals surface area contributed by atoms with Crippen molar-refractivity contribution < 1.29 is 19.8 Å². The second kappa shape index (κ2) is 39.9. The Balaban J connectivity index is 0. The van der Waals surface area contributed by atoms with Crippen LogP contribution in [-0.4, -0.2) is 22.2 Å². The van der Waals surface area contributed by atoms with Crippen LogP contribution in [0.5, 0.6) is 0 Å². The van der Waals surface area contributed by atoms with E-state index in [2.05, 4.69) is 105 Å². The molecule has 2 N–H and O–H groups in total. The van der Waals surface area contributed by atoms with E-state index >= 15 is 0 Å². The zero-order chi connectivity index (χ0) is 32.6. The van der Waals surface area contributed by atoms with Gasteiger partial charge in [-0.05, 0) is 96.3 Å². The maximum Gasteiger partial charge on any atom is 0.303 e. The van der Waals surface area contributed by atoms with Crippen molar-refractivity contribution in [1.29, 1.82) is 0 Å². The predicted molar refractivity (Wildman–Crippen MR) is 192 cm³/mol. The minimum absolute atomic E-state index is 0.229. The van der Waals surface area contributed by atoms with E-state index in [4.69, 9.17) is 10.2 Å². The molecule has 248 valence electrons. The first-order valence-electron chi connectivity index (χ1n) is 17.2. The van der Waals surface area contributed by atoms with Crippen molar-refractivity contribution in [2.24, 2.45) is 0 Å². The molecular weight excluding hydrogens is 544 g/mol. The molecular formula is C40H64O4.